The Morgan fingerprint density at radius 1 is 1.25 bits per heavy atom. The molecule has 1 saturated carbocycles. The Kier molecular flexibility index (Phi) is 2.86. The Bertz CT molecular complexity index is 633. The van der Waals surface area contributed by atoms with E-state index in [0.29, 0.717) is 12.0 Å². The lowest BCUT2D eigenvalue weighted by Crippen LogP contribution is -2.30. The van der Waals surface area contributed by atoms with Crippen molar-refractivity contribution in [2.75, 3.05) is 13.1 Å². The van der Waals surface area contributed by atoms with Gasteiger partial charge in [0.25, 0.3) is 0 Å². The number of benzene rings is 1. The van der Waals surface area contributed by atoms with Gasteiger partial charge in [0, 0.05) is 36.6 Å². The summed E-state index contributed by atoms with van der Waals surface area (Å²) in [4.78, 5) is 2.57. The zero-order chi connectivity index (χ0) is 13.7. The Morgan fingerprint density at radius 3 is 2.95 bits per heavy atom. The van der Waals surface area contributed by atoms with Crippen LogP contribution in [0.4, 0.5) is 0 Å². The van der Waals surface area contributed by atoms with Crippen LogP contribution in [0.25, 0.3) is 11.0 Å². The lowest BCUT2D eigenvalue weighted by Gasteiger charge is -2.18. The molecule has 106 valence electrons. The van der Waals surface area contributed by atoms with Gasteiger partial charge in [-0.3, -0.25) is 4.90 Å². The summed E-state index contributed by atoms with van der Waals surface area (Å²) in [5.41, 5.74) is 8.60. The molecule has 1 aliphatic carbocycles. The van der Waals surface area contributed by atoms with Gasteiger partial charge in [0.15, 0.2) is 0 Å². The largest absolute Gasteiger partial charge is 0.461 e. The number of nitrogens with two attached hydrogens (primary N) is 1. The third-order valence-corrected chi connectivity index (χ3v) is 5.27. The molecule has 2 N–H and O–H groups in total. The van der Waals surface area contributed by atoms with Crippen LogP contribution in [0.1, 0.15) is 24.2 Å². The lowest BCUT2D eigenvalue weighted by molar-refractivity contribution is 0.297. The highest BCUT2D eigenvalue weighted by Gasteiger charge is 2.40. The van der Waals surface area contributed by atoms with Crippen molar-refractivity contribution in [2.45, 2.75) is 32.4 Å². The van der Waals surface area contributed by atoms with Gasteiger partial charge >= 0.3 is 0 Å². The van der Waals surface area contributed by atoms with Crippen molar-refractivity contribution in [3.05, 3.63) is 35.6 Å². The zero-order valence-corrected chi connectivity index (χ0v) is 12.0. The first-order valence-electron chi connectivity index (χ1n) is 7.67. The van der Waals surface area contributed by atoms with Crippen LogP contribution in [0.2, 0.25) is 0 Å². The molecule has 1 saturated heterocycles. The van der Waals surface area contributed by atoms with Gasteiger partial charge in [-0.05, 0) is 37.7 Å². The summed E-state index contributed by atoms with van der Waals surface area (Å²) in [6.07, 6.45) is 2.53. The molecular weight excluding hydrogens is 248 g/mol. The fourth-order valence-corrected chi connectivity index (χ4v) is 4.17. The van der Waals surface area contributed by atoms with Crippen LogP contribution in [-0.4, -0.2) is 24.0 Å². The first-order chi connectivity index (χ1) is 9.72. The fourth-order valence-electron chi connectivity index (χ4n) is 4.17. The predicted octanol–water partition coefficient (Wildman–Crippen LogP) is 2.91. The second-order valence-electron chi connectivity index (χ2n) is 6.49. The molecule has 2 aliphatic rings. The summed E-state index contributed by atoms with van der Waals surface area (Å²) in [6, 6.07) is 8.78. The zero-order valence-electron chi connectivity index (χ0n) is 12.0. The minimum absolute atomic E-state index is 0.423. The molecule has 3 heteroatoms. The normalized spacial score (nSPS) is 30.2. The first kappa shape index (κ1) is 12.4. The molecule has 0 spiro atoms. The number of furan rings is 1. The molecule has 2 aromatic rings. The quantitative estimate of drug-likeness (QED) is 0.912. The summed E-state index contributed by atoms with van der Waals surface area (Å²) >= 11 is 0. The maximum Gasteiger partial charge on any atom is 0.134 e. The monoisotopic (exact) mass is 270 g/mol. The van der Waals surface area contributed by atoms with Crippen molar-refractivity contribution in [2.24, 2.45) is 17.6 Å². The molecule has 20 heavy (non-hydrogen) atoms. The predicted molar refractivity (Wildman–Crippen MR) is 80.4 cm³/mol. The third-order valence-electron chi connectivity index (χ3n) is 5.27. The minimum atomic E-state index is 0.423. The average molecular weight is 270 g/mol. The number of aryl methyl sites for hydroxylation is 1. The SMILES string of the molecule is Cc1oc2ccccc2c1CN1CC2CCC(N)C2C1. The maximum absolute atomic E-state index is 6.23. The van der Waals surface area contributed by atoms with Gasteiger partial charge in [0.05, 0.1) is 0 Å². The molecule has 0 radical (unpaired) electrons. The second kappa shape index (κ2) is 4.61. The van der Waals surface area contributed by atoms with Crippen LogP contribution in [0.3, 0.4) is 0 Å². The number of fused-ring (bicyclic) bond motifs is 2. The Hall–Kier alpha value is -1.32. The number of rotatable bonds is 2. The van der Waals surface area contributed by atoms with Crippen molar-refractivity contribution < 1.29 is 4.42 Å². The molecule has 2 heterocycles. The number of para-hydroxylation sites is 1. The number of likely N-dealkylation sites (tertiary alicyclic amines) is 1. The van der Waals surface area contributed by atoms with Crippen molar-refractivity contribution in [3.63, 3.8) is 0 Å². The fraction of sp³-hybridized carbons (Fsp3) is 0.529. The van der Waals surface area contributed by atoms with Gasteiger partial charge in [0.1, 0.15) is 11.3 Å². The molecule has 2 fully saturated rings. The van der Waals surface area contributed by atoms with Gasteiger partial charge in [-0.1, -0.05) is 18.2 Å². The topological polar surface area (TPSA) is 42.4 Å². The standard InChI is InChI=1S/C17H22N2O/c1-11-14(13-4-2-3-5-17(13)20-11)9-19-8-12-6-7-16(18)15(12)10-19/h2-5,12,15-16H,6-10,18H2,1H3. The smallest absolute Gasteiger partial charge is 0.134 e. The van der Waals surface area contributed by atoms with E-state index >= 15 is 0 Å². The van der Waals surface area contributed by atoms with E-state index in [1.165, 1.54) is 30.3 Å². The van der Waals surface area contributed by atoms with Crippen molar-refractivity contribution in [3.8, 4) is 0 Å². The minimum Gasteiger partial charge on any atom is -0.461 e. The van der Waals surface area contributed by atoms with E-state index in [9.17, 15) is 0 Å². The molecule has 1 aliphatic heterocycles. The van der Waals surface area contributed by atoms with Crippen LogP contribution in [0.5, 0.6) is 0 Å². The van der Waals surface area contributed by atoms with E-state index in [-0.39, 0.29) is 0 Å². The van der Waals surface area contributed by atoms with Crippen molar-refractivity contribution in [1.29, 1.82) is 0 Å². The third kappa shape index (κ3) is 1.88. The summed E-state index contributed by atoms with van der Waals surface area (Å²) in [7, 11) is 0. The average Bonchev–Trinajstić information content (AvgIpc) is 3.07. The van der Waals surface area contributed by atoms with Crippen LogP contribution in [0, 0.1) is 18.8 Å². The highest BCUT2D eigenvalue weighted by Crippen LogP contribution is 2.38. The van der Waals surface area contributed by atoms with E-state index in [2.05, 4.69) is 30.0 Å². The molecule has 3 atom stereocenters. The maximum atomic E-state index is 6.23. The van der Waals surface area contributed by atoms with Crippen LogP contribution in [-0.2, 0) is 6.54 Å². The number of hydrogen-bond acceptors (Lipinski definition) is 3. The Morgan fingerprint density at radius 2 is 2.10 bits per heavy atom. The van der Waals surface area contributed by atoms with Crippen molar-refractivity contribution in [1.82, 2.24) is 4.90 Å². The van der Waals surface area contributed by atoms with Crippen molar-refractivity contribution >= 4 is 11.0 Å². The molecule has 1 aromatic carbocycles. The summed E-state index contributed by atoms with van der Waals surface area (Å²) < 4.78 is 5.87. The number of hydrogen-bond donors (Lipinski definition) is 1. The van der Waals surface area contributed by atoms with E-state index in [4.69, 9.17) is 10.2 Å². The van der Waals surface area contributed by atoms with Gasteiger partial charge in [0.2, 0.25) is 0 Å². The number of nitrogens with zero attached hydrogens (tertiary/aromatic N) is 1. The van der Waals surface area contributed by atoms with Crippen LogP contribution >= 0.6 is 0 Å². The summed E-state index contributed by atoms with van der Waals surface area (Å²) in [5, 5.41) is 1.27. The highest BCUT2D eigenvalue weighted by molar-refractivity contribution is 5.82. The lowest BCUT2D eigenvalue weighted by atomic mass is 9.98. The molecular formula is C17H22N2O. The van der Waals surface area contributed by atoms with Crippen LogP contribution < -0.4 is 5.73 Å². The van der Waals surface area contributed by atoms with Gasteiger partial charge < -0.3 is 10.2 Å². The van der Waals surface area contributed by atoms with Gasteiger partial charge in [-0.15, -0.1) is 0 Å². The van der Waals surface area contributed by atoms with E-state index in [1.54, 1.807) is 0 Å². The molecule has 1 aromatic heterocycles. The van der Waals surface area contributed by atoms with E-state index in [0.717, 1.165) is 30.4 Å². The summed E-state index contributed by atoms with van der Waals surface area (Å²) in [5.74, 6) is 2.60. The van der Waals surface area contributed by atoms with E-state index < -0.39 is 0 Å². The first-order valence-corrected chi connectivity index (χ1v) is 7.67. The highest BCUT2D eigenvalue weighted by atomic mass is 16.3. The Balaban J connectivity index is 1.58. The van der Waals surface area contributed by atoms with Gasteiger partial charge in [-0.2, -0.15) is 0 Å². The molecule has 3 unspecified atom stereocenters. The molecule has 0 bridgehead atoms. The second-order valence-corrected chi connectivity index (χ2v) is 6.49. The van der Waals surface area contributed by atoms with Crippen LogP contribution in [0.15, 0.2) is 28.7 Å². The molecule has 4 rings (SSSR count). The molecule has 0 amide bonds. The molecule has 3 nitrogen and oxygen atoms in total. The van der Waals surface area contributed by atoms with Gasteiger partial charge in [-0.25, -0.2) is 0 Å². The summed E-state index contributed by atoms with van der Waals surface area (Å²) in [6.45, 7) is 5.45. The van der Waals surface area contributed by atoms with E-state index in [1.807, 2.05) is 6.07 Å². The Labute approximate surface area is 119 Å².